The lowest BCUT2D eigenvalue weighted by Crippen LogP contribution is -2.36. The van der Waals surface area contributed by atoms with E-state index < -0.39 is 28.8 Å². The van der Waals surface area contributed by atoms with Crippen LogP contribution in [0.3, 0.4) is 0 Å². The topological polar surface area (TPSA) is 98.9 Å². The summed E-state index contributed by atoms with van der Waals surface area (Å²) in [5, 5.41) is 4.70. The van der Waals surface area contributed by atoms with Crippen LogP contribution in [0.4, 0.5) is 13.9 Å². The summed E-state index contributed by atoms with van der Waals surface area (Å²) in [6, 6.07) is 3.42. The van der Waals surface area contributed by atoms with Crippen LogP contribution >= 0.6 is 22.9 Å². The quantitative estimate of drug-likeness (QED) is 0.515. The van der Waals surface area contributed by atoms with Crippen molar-refractivity contribution in [3.8, 4) is 11.3 Å². The second-order valence-electron chi connectivity index (χ2n) is 6.41. The summed E-state index contributed by atoms with van der Waals surface area (Å²) in [5.41, 5.74) is 0.0399. The SMILES string of the molecule is Cn1c(=O)c2c(CC(=O)Nc3nc(-c4ccc(F)c(F)c4)cs3)nsc2n(C)c1=O. The summed E-state index contributed by atoms with van der Waals surface area (Å²) < 4.78 is 32.9. The Morgan fingerprint density at radius 3 is 2.67 bits per heavy atom. The summed E-state index contributed by atoms with van der Waals surface area (Å²) in [7, 11) is 2.89. The van der Waals surface area contributed by atoms with Gasteiger partial charge in [-0.3, -0.25) is 18.7 Å². The Hall–Kier alpha value is -3.25. The number of hydrogen-bond donors (Lipinski definition) is 1. The van der Waals surface area contributed by atoms with Crippen molar-refractivity contribution in [2.75, 3.05) is 5.32 Å². The van der Waals surface area contributed by atoms with E-state index in [0.29, 0.717) is 16.1 Å². The average Bonchev–Trinajstić information content (AvgIpc) is 3.34. The third-order valence-electron chi connectivity index (χ3n) is 4.44. The van der Waals surface area contributed by atoms with Crippen LogP contribution in [0.5, 0.6) is 0 Å². The van der Waals surface area contributed by atoms with Crippen molar-refractivity contribution in [2.45, 2.75) is 6.42 Å². The van der Waals surface area contributed by atoms with Crippen molar-refractivity contribution in [3.05, 3.63) is 61.7 Å². The van der Waals surface area contributed by atoms with E-state index in [2.05, 4.69) is 14.7 Å². The molecule has 0 aliphatic carbocycles. The second-order valence-corrected chi connectivity index (χ2v) is 8.02. The minimum absolute atomic E-state index is 0.187. The van der Waals surface area contributed by atoms with Crippen molar-refractivity contribution in [1.82, 2.24) is 18.5 Å². The molecule has 1 aromatic carbocycles. The van der Waals surface area contributed by atoms with Gasteiger partial charge in [-0.1, -0.05) is 0 Å². The normalized spacial score (nSPS) is 11.2. The molecule has 1 amide bonds. The standard InChI is InChI=1S/C18H13F2N5O3S2/c1-24-15(27)14-11(23-30-16(14)25(2)18(24)28)6-13(26)22-17-21-12(7-29-17)8-3-4-9(19)10(20)5-8/h3-5,7H,6H2,1-2H3,(H,21,22,26). The number of hydrogen-bond acceptors (Lipinski definition) is 7. The van der Waals surface area contributed by atoms with Gasteiger partial charge in [0.15, 0.2) is 16.8 Å². The van der Waals surface area contributed by atoms with Crippen LogP contribution in [0.1, 0.15) is 5.69 Å². The van der Waals surface area contributed by atoms with Gasteiger partial charge in [0.25, 0.3) is 5.56 Å². The monoisotopic (exact) mass is 449 g/mol. The van der Waals surface area contributed by atoms with Gasteiger partial charge in [-0.25, -0.2) is 18.6 Å². The fraction of sp³-hybridized carbons (Fsp3) is 0.167. The van der Waals surface area contributed by atoms with Gasteiger partial charge in [0.1, 0.15) is 4.83 Å². The number of fused-ring (bicyclic) bond motifs is 1. The van der Waals surface area contributed by atoms with Crippen LogP contribution < -0.4 is 16.6 Å². The van der Waals surface area contributed by atoms with Gasteiger partial charge in [-0.05, 0) is 29.7 Å². The first kappa shape index (κ1) is 20.0. The third-order valence-corrected chi connectivity index (χ3v) is 6.16. The Kier molecular flexibility index (Phi) is 5.03. The highest BCUT2D eigenvalue weighted by Gasteiger charge is 2.19. The first-order valence-electron chi connectivity index (χ1n) is 8.51. The predicted molar refractivity (Wildman–Crippen MR) is 110 cm³/mol. The number of halogens is 2. The summed E-state index contributed by atoms with van der Waals surface area (Å²) in [5.74, 6) is -2.40. The molecule has 0 atom stereocenters. The van der Waals surface area contributed by atoms with Crippen LogP contribution in [0.2, 0.25) is 0 Å². The van der Waals surface area contributed by atoms with Crippen LogP contribution in [0.15, 0.2) is 33.2 Å². The molecule has 0 unspecified atom stereocenters. The number of nitrogens with zero attached hydrogens (tertiary/aromatic N) is 4. The second kappa shape index (κ2) is 7.54. The number of thiazole rings is 1. The number of aryl methyl sites for hydroxylation is 1. The number of carbonyl (C=O) groups excluding carboxylic acids is 1. The summed E-state index contributed by atoms with van der Waals surface area (Å²) in [4.78, 5) is 41.5. The predicted octanol–water partition coefficient (Wildman–Crippen LogP) is 2.28. The fourth-order valence-electron chi connectivity index (χ4n) is 2.88. The molecule has 0 saturated carbocycles. The number of anilines is 1. The highest BCUT2D eigenvalue weighted by atomic mass is 32.1. The van der Waals surface area contributed by atoms with E-state index in [1.807, 2.05) is 0 Å². The molecule has 1 N–H and O–H groups in total. The highest BCUT2D eigenvalue weighted by molar-refractivity contribution is 7.14. The van der Waals surface area contributed by atoms with Crippen LogP contribution in [-0.4, -0.2) is 24.4 Å². The molecule has 0 aliphatic rings. The Balaban J connectivity index is 1.56. The van der Waals surface area contributed by atoms with Crippen LogP contribution in [-0.2, 0) is 25.3 Å². The molecule has 0 fully saturated rings. The maximum absolute atomic E-state index is 13.4. The largest absolute Gasteiger partial charge is 0.331 e. The molecular formula is C18H13F2N5O3S2. The Labute approximate surface area is 175 Å². The Morgan fingerprint density at radius 2 is 1.93 bits per heavy atom. The highest BCUT2D eigenvalue weighted by Crippen LogP contribution is 2.26. The molecule has 0 radical (unpaired) electrons. The lowest BCUT2D eigenvalue weighted by Gasteiger charge is -2.04. The van der Waals surface area contributed by atoms with E-state index in [-0.39, 0.29) is 22.6 Å². The van der Waals surface area contributed by atoms with Gasteiger partial charge in [-0.15, -0.1) is 11.3 Å². The van der Waals surface area contributed by atoms with E-state index in [1.165, 1.54) is 24.7 Å². The van der Waals surface area contributed by atoms with Gasteiger partial charge in [0.05, 0.1) is 23.2 Å². The lowest BCUT2D eigenvalue weighted by atomic mass is 10.2. The van der Waals surface area contributed by atoms with Gasteiger partial charge in [-0.2, -0.15) is 4.37 Å². The number of aromatic nitrogens is 4. The lowest BCUT2D eigenvalue weighted by molar-refractivity contribution is -0.115. The minimum Gasteiger partial charge on any atom is -0.302 e. The van der Waals surface area contributed by atoms with Gasteiger partial charge in [0.2, 0.25) is 5.91 Å². The fourth-order valence-corrected chi connectivity index (χ4v) is 4.46. The van der Waals surface area contributed by atoms with Crippen molar-refractivity contribution < 1.29 is 13.6 Å². The average molecular weight is 449 g/mol. The summed E-state index contributed by atoms with van der Waals surface area (Å²) >= 11 is 2.09. The smallest absolute Gasteiger partial charge is 0.302 e. The van der Waals surface area contributed by atoms with Crippen molar-refractivity contribution in [2.24, 2.45) is 14.1 Å². The number of benzene rings is 1. The molecule has 4 rings (SSSR count). The third kappa shape index (κ3) is 3.44. The molecule has 8 nitrogen and oxygen atoms in total. The summed E-state index contributed by atoms with van der Waals surface area (Å²) in [6.07, 6.45) is -0.187. The summed E-state index contributed by atoms with van der Waals surface area (Å²) in [6.45, 7) is 0. The minimum atomic E-state index is -0.988. The van der Waals surface area contributed by atoms with Crippen molar-refractivity contribution >= 4 is 44.1 Å². The molecule has 12 heteroatoms. The molecule has 0 aliphatic heterocycles. The van der Waals surface area contributed by atoms with Crippen molar-refractivity contribution in [3.63, 3.8) is 0 Å². The molecule has 154 valence electrons. The van der Waals surface area contributed by atoms with Gasteiger partial charge < -0.3 is 5.32 Å². The zero-order chi connectivity index (χ0) is 21.6. The molecule has 4 aromatic rings. The molecule has 0 spiro atoms. The van der Waals surface area contributed by atoms with E-state index in [0.717, 1.165) is 39.6 Å². The molecule has 3 heterocycles. The molecule has 30 heavy (non-hydrogen) atoms. The zero-order valence-corrected chi connectivity index (χ0v) is 17.2. The van der Waals surface area contributed by atoms with E-state index in [4.69, 9.17) is 0 Å². The molecule has 3 aromatic heterocycles. The zero-order valence-electron chi connectivity index (χ0n) is 15.6. The number of amides is 1. The Bertz CT molecular complexity index is 1420. The van der Waals surface area contributed by atoms with E-state index in [1.54, 1.807) is 5.38 Å². The maximum atomic E-state index is 13.4. The first-order valence-corrected chi connectivity index (χ1v) is 10.2. The number of carbonyl (C=O) groups is 1. The maximum Gasteiger partial charge on any atom is 0.331 e. The first-order chi connectivity index (χ1) is 14.3. The van der Waals surface area contributed by atoms with Gasteiger partial charge in [0, 0.05) is 25.0 Å². The molecular weight excluding hydrogens is 436 g/mol. The number of rotatable bonds is 4. The Morgan fingerprint density at radius 1 is 1.17 bits per heavy atom. The van der Waals surface area contributed by atoms with Gasteiger partial charge >= 0.3 is 5.69 Å². The van der Waals surface area contributed by atoms with Crippen LogP contribution in [0.25, 0.3) is 21.5 Å². The molecule has 0 saturated heterocycles. The van der Waals surface area contributed by atoms with Crippen molar-refractivity contribution in [1.29, 1.82) is 0 Å². The number of nitrogens with one attached hydrogen (secondary N) is 1. The van der Waals surface area contributed by atoms with E-state index in [9.17, 15) is 23.2 Å². The van der Waals surface area contributed by atoms with Crippen LogP contribution in [0, 0.1) is 11.6 Å². The van der Waals surface area contributed by atoms with E-state index >= 15 is 0 Å². The molecule has 0 bridgehead atoms.